The predicted octanol–water partition coefficient (Wildman–Crippen LogP) is 4.67. The van der Waals surface area contributed by atoms with E-state index >= 15 is 0 Å². The molecule has 1 heterocycles. The summed E-state index contributed by atoms with van der Waals surface area (Å²) in [7, 11) is 4.51. The summed E-state index contributed by atoms with van der Waals surface area (Å²) in [6.07, 6.45) is 2.39. The van der Waals surface area contributed by atoms with Crippen LogP contribution in [0.25, 0.3) is 0 Å². The molecule has 146 valence electrons. The summed E-state index contributed by atoms with van der Waals surface area (Å²) >= 11 is 7.61. The third kappa shape index (κ3) is 4.37. The number of carbonyl (C=O) groups excluding carboxylic acids is 1. The summed E-state index contributed by atoms with van der Waals surface area (Å²) in [6, 6.07) is 10.8. The zero-order chi connectivity index (χ0) is 20.1. The standard InChI is InChI=1S/C20H19ClN2O4S/c1-25-16-9-13(10-17(26-2)18(16)27-3)19(24)23-20-22-11-14(28-20)8-12-6-4-5-7-15(12)21/h4-7,9-11H,8H2,1-3H3,(H,22,23,24). The van der Waals surface area contributed by atoms with Crippen molar-refractivity contribution in [2.75, 3.05) is 26.6 Å². The van der Waals surface area contributed by atoms with Gasteiger partial charge in [0.05, 0.1) is 21.3 Å². The minimum atomic E-state index is -0.321. The largest absolute Gasteiger partial charge is 0.493 e. The number of carbonyl (C=O) groups is 1. The molecule has 0 unspecified atom stereocenters. The minimum absolute atomic E-state index is 0.321. The molecule has 0 saturated heterocycles. The highest BCUT2D eigenvalue weighted by Crippen LogP contribution is 2.38. The third-order valence-corrected chi connectivity index (χ3v) is 5.30. The molecule has 1 aromatic heterocycles. The fraction of sp³-hybridized carbons (Fsp3) is 0.200. The van der Waals surface area contributed by atoms with Crippen LogP contribution in [0.1, 0.15) is 20.8 Å². The van der Waals surface area contributed by atoms with Crippen molar-refractivity contribution in [3.8, 4) is 17.2 Å². The molecule has 0 atom stereocenters. The molecule has 3 aromatic rings. The SMILES string of the molecule is COc1cc(C(=O)Nc2ncc(Cc3ccccc3Cl)s2)cc(OC)c1OC. The van der Waals surface area contributed by atoms with Crippen molar-refractivity contribution in [2.45, 2.75) is 6.42 Å². The normalized spacial score (nSPS) is 10.4. The van der Waals surface area contributed by atoms with E-state index in [4.69, 9.17) is 25.8 Å². The molecule has 0 saturated carbocycles. The first-order valence-corrected chi connectivity index (χ1v) is 9.54. The molecule has 0 bridgehead atoms. The van der Waals surface area contributed by atoms with Crippen LogP contribution in [0, 0.1) is 0 Å². The number of hydrogen-bond acceptors (Lipinski definition) is 6. The van der Waals surface area contributed by atoms with Crippen molar-refractivity contribution >= 4 is 34.0 Å². The summed E-state index contributed by atoms with van der Waals surface area (Å²) in [5, 5.41) is 4.01. The lowest BCUT2D eigenvalue weighted by molar-refractivity contribution is 0.102. The van der Waals surface area contributed by atoms with Gasteiger partial charge in [0, 0.05) is 28.1 Å². The Bertz CT molecular complexity index is 965. The van der Waals surface area contributed by atoms with Gasteiger partial charge in [-0.25, -0.2) is 4.98 Å². The van der Waals surface area contributed by atoms with Crippen LogP contribution < -0.4 is 19.5 Å². The maximum absolute atomic E-state index is 12.7. The first-order valence-electron chi connectivity index (χ1n) is 8.35. The highest BCUT2D eigenvalue weighted by atomic mass is 35.5. The Labute approximate surface area is 172 Å². The van der Waals surface area contributed by atoms with Gasteiger partial charge in [-0.3, -0.25) is 10.1 Å². The van der Waals surface area contributed by atoms with E-state index in [-0.39, 0.29) is 5.91 Å². The van der Waals surface area contributed by atoms with Gasteiger partial charge < -0.3 is 14.2 Å². The van der Waals surface area contributed by atoms with Crippen LogP contribution in [0.2, 0.25) is 5.02 Å². The summed E-state index contributed by atoms with van der Waals surface area (Å²) < 4.78 is 15.9. The molecule has 28 heavy (non-hydrogen) atoms. The predicted molar refractivity (Wildman–Crippen MR) is 110 cm³/mol. The summed E-state index contributed by atoms with van der Waals surface area (Å²) in [5.41, 5.74) is 1.38. The number of ether oxygens (including phenoxy) is 3. The number of hydrogen-bond donors (Lipinski definition) is 1. The maximum Gasteiger partial charge on any atom is 0.257 e. The molecule has 1 amide bonds. The first-order chi connectivity index (χ1) is 13.5. The minimum Gasteiger partial charge on any atom is -0.493 e. The number of benzene rings is 2. The fourth-order valence-corrected chi connectivity index (χ4v) is 3.69. The number of methoxy groups -OCH3 is 3. The van der Waals surface area contributed by atoms with Crippen molar-refractivity contribution in [2.24, 2.45) is 0 Å². The second-order valence-corrected chi connectivity index (χ2v) is 7.29. The van der Waals surface area contributed by atoms with Gasteiger partial charge in [-0.2, -0.15) is 0 Å². The lowest BCUT2D eigenvalue weighted by Crippen LogP contribution is -2.12. The fourth-order valence-electron chi connectivity index (χ4n) is 2.66. The highest BCUT2D eigenvalue weighted by Gasteiger charge is 2.18. The van der Waals surface area contributed by atoms with E-state index in [0.717, 1.165) is 10.4 Å². The number of thiazole rings is 1. The van der Waals surface area contributed by atoms with Crippen LogP contribution in [0.5, 0.6) is 17.2 Å². The summed E-state index contributed by atoms with van der Waals surface area (Å²) in [4.78, 5) is 17.9. The van der Waals surface area contributed by atoms with Crippen molar-refractivity contribution in [1.29, 1.82) is 0 Å². The number of rotatable bonds is 7. The Morgan fingerprint density at radius 1 is 1.11 bits per heavy atom. The van der Waals surface area contributed by atoms with Crippen molar-refractivity contribution in [3.05, 3.63) is 63.6 Å². The number of amides is 1. The van der Waals surface area contributed by atoms with E-state index in [2.05, 4.69) is 10.3 Å². The Hall–Kier alpha value is -2.77. The molecule has 0 radical (unpaired) electrons. The molecule has 0 fully saturated rings. The number of halogens is 1. The van der Waals surface area contributed by atoms with Crippen LogP contribution in [-0.2, 0) is 6.42 Å². The second-order valence-electron chi connectivity index (χ2n) is 5.77. The molecule has 8 heteroatoms. The quantitative estimate of drug-likeness (QED) is 0.604. The van der Waals surface area contributed by atoms with Crippen molar-refractivity contribution in [1.82, 2.24) is 4.98 Å². The smallest absolute Gasteiger partial charge is 0.257 e. The lowest BCUT2D eigenvalue weighted by Gasteiger charge is -2.13. The van der Waals surface area contributed by atoms with Crippen LogP contribution in [-0.4, -0.2) is 32.2 Å². The van der Waals surface area contributed by atoms with Gasteiger partial charge in [0.25, 0.3) is 5.91 Å². The van der Waals surface area contributed by atoms with Crippen LogP contribution >= 0.6 is 22.9 Å². The number of anilines is 1. The van der Waals surface area contributed by atoms with Crippen molar-refractivity contribution in [3.63, 3.8) is 0 Å². The Kier molecular flexibility index (Phi) is 6.38. The summed E-state index contributed by atoms with van der Waals surface area (Å²) in [5.74, 6) is 0.923. The van der Waals surface area contributed by atoms with Crippen molar-refractivity contribution < 1.29 is 19.0 Å². The number of aromatic nitrogens is 1. The van der Waals surface area contributed by atoms with E-state index in [1.54, 1.807) is 18.3 Å². The molecule has 6 nitrogen and oxygen atoms in total. The zero-order valence-electron chi connectivity index (χ0n) is 15.6. The van der Waals surface area contributed by atoms with Crippen LogP contribution in [0.3, 0.4) is 0 Å². The van der Waals surface area contributed by atoms with Gasteiger partial charge in [-0.05, 0) is 23.8 Å². The average Bonchev–Trinajstić information content (AvgIpc) is 3.15. The van der Waals surface area contributed by atoms with Crippen LogP contribution in [0.15, 0.2) is 42.6 Å². The van der Waals surface area contributed by atoms with E-state index in [1.165, 1.54) is 32.7 Å². The van der Waals surface area contributed by atoms with Gasteiger partial charge in [0.15, 0.2) is 16.6 Å². The van der Waals surface area contributed by atoms with Crippen LogP contribution in [0.4, 0.5) is 5.13 Å². The molecule has 3 rings (SSSR count). The topological polar surface area (TPSA) is 69.7 Å². The monoisotopic (exact) mass is 418 g/mol. The van der Waals surface area contributed by atoms with Gasteiger partial charge in [-0.1, -0.05) is 29.8 Å². The number of nitrogens with zero attached hydrogens (tertiary/aromatic N) is 1. The van der Waals surface area contributed by atoms with E-state index in [0.29, 0.717) is 39.4 Å². The maximum atomic E-state index is 12.7. The Morgan fingerprint density at radius 2 is 1.79 bits per heavy atom. The Balaban J connectivity index is 1.77. The van der Waals surface area contributed by atoms with E-state index in [1.807, 2.05) is 24.3 Å². The highest BCUT2D eigenvalue weighted by molar-refractivity contribution is 7.15. The third-order valence-electron chi connectivity index (χ3n) is 4.02. The number of nitrogens with one attached hydrogen (secondary N) is 1. The van der Waals surface area contributed by atoms with Gasteiger partial charge in [0.1, 0.15) is 0 Å². The molecular formula is C20H19ClN2O4S. The van der Waals surface area contributed by atoms with E-state index < -0.39 is 0 Å². The second kappa shape index (κ2) is 8.95. The molecule has 0 aliphatic rings. The van der Waals surface area contributed by atoms with Gasteiger partial charge in [0.2, 0.25) is 5.75 Å². The molecule has 0 aliphatic heterocycles. The van der Waals surface area contributed by atoms with Gasteiger partial charge >= 0.3 is 0 Å². The molecule has 2 aromatic carbocycles. The molecule has 0 aliphatic carbocycles. The average molecular weight is 419 g/mol. The summed E-state index contributed by atoms with van der Waals surface area (Å²) in [6.45, 7) is 0. The molecular weight excluding hydrogens is 400 g/mol. The zero-order valence-corrected chi connectivity index (χ0v) is 17.2. The van der Waals surface area contributed by atoms with E-state index in [9.17, 15) is 4.79 Å². The first kappa shape index (κ1) is 20.0. The lowest BCUT2D eigenvalue weighted by atomic mass is 10.1. The molecule has 1 N–H and O–H groups in total. The molecule has 0 spiro atoms. The Morgan fingerprint density at radius 3 is 2.39 bits per heavy atom. The van der Waals surface area contributed by atoms with Gasteiger partial charge in [-0.15, -0.1) is 11.3 Å².